The van der Waals surface area contributed by atoms with Crippen molar-refractivity contribution in [1.29, 1.82) is 0 Å². The molecular weight excluding hydrogens is 801 g/mol. The molecule has 0 amide bonds. The third-order valence-electron chi connectivity index (χ3n) is 13.1. The molecule has 0 atom stereocenters. The molecule has 4 nitrogen and oxygen atoms in total. The van der Waals surface area contributed by atoms with Crippen LogP contribution in [0.3, 0.4) is 0 Å². The lowest BCUT2D eigenvalue weighted by Gasteiger charge is -2.33. The first-order chi connectivity index (χ1) is 32.7. The van der Waals surface area contributed by atoms with Crippen LogP contribution < -0.4 is 4.90 Å². The molecular formula is C62H40N4. The Bertz CT molecular complexity index is 3670. The van der Waals surface area contributed by atoms with Crippen LogP contribution in [0.4, 0.5) is 17.2 Å². The molecule has 3 aromatic heterocycles. The first-order valence-corrected chi connectivity index (χ1v) is 22.5. The van der Waals surface area contributed by atoms with Crippen LogP contribution in [0.1, 0.15) is 0 Å². The Labute approximate surface area is 383 Å². The summed E-state index contributed by atoms with van der Waals surface area (Å²) >= 11 is 0. The Balaban J connectivity index is 1.14. The van der Waals surface area contributed by atoms with Crippen molar-refractivity contribution in [3.63, 3.8) is 0 Å². The Morgan fingerprint density at radius 1 is 0.288 bits per heavy atom. The van der Waals surface area contributed by atoms with E-state index < -0.39 is 0 Å². The molecule has 0 N–H and O–H groups in total. The maximum Gasteiger partial charge on any atom is 0.138 e. The first kappa shape index (κ1) is 37.7. The zero-order valence-electron chi connectivity index (χ0n) is 35.9. The molecule has 0 unspecified atom stereocenters. The van der Waals surface area contributed by atoms with Crippen molar-refractivity contribution in [3.05, 3.63) is 243 Å². The van der Waals surface area contributed by atoms with Crippen molar-refractivity contribution in [2.75, 3.05) is 4.90 Å². The van der Waals surface area contributed by atoms with E-state index in [1.807, 2.05) is 0 Å². The van der Waals surface area contributed by atoms with Crippen molar-refractivity contribution in [2.24, 2.45) is 0 Å². The van der Waals surface area contributed by atoms with Gasteiger partial charge in [-0.1, -0.05) is 188 Å². The molecule has 12 aromatic rings. The van der Waals surface area contributed by atoms with Gasteiger partial charge in [-0.05, 0) is 98.9 Å². The monoisotopic (exact) mass is 840 g/mol. The van der Waals surface area contributed by atoms with Gasteiger partial charge in [-0.3, -0.25) is 9.47 Å². The fraction of sp³-hybridized carbons (Fsp3) is 0. The minimum atomic E-state index is 0.849. The second kappa shape index (κ2) is 15.4. The summed E-state index contributed by atoms with van der Waals surface area (Å²) in [6.45, 7) is 0. The number of nitrogens with zero attached hydrogens (tertiary/aromatic N) is 4. The first-order valence-electron chi connectivity index (χ1n) is 22.5. The van der Waals surface area contributed by atoms with Gasteiger partial charge < -0.3 is 0 Å². The van der Waals surface area contributed by atoms with Gasteiger partial charge in [0.25, 0.3) is 0 Å². The van der Waals surface area contributed by atoms with E-state index in [-0.39, 0.29) is 0 Å². The van der Waals surface area contributed by atoms with Crippen molar-refractivity contribution in [1.82, 2.24) is 14.5 Å². The highest BCUT2D eigenvalue weighted by molar-refractivity contribution is 6.19. The maximum absolute atomic E-state index is 5.56. The zero-order valence-corrected chi connectivity index (χ0v) is 35.9. The Morgan fingerprint density at radius 2 is 0.788 bits per heavy atom. The van der Waals surface area contributed by atoms with Gasteiger partial charge >= 0.3 is 0 Å². The number of anilines is 3. The van der Waals surface area contributed by atoms with Gasteiger partial charge in [0, 0.05) is 32.8 Å². The molecule has 0 saturated carbocycles. The molecule has 0 radical (unpaired) electrons. The summed E-state index contributed by atoms with van der Waals surface area (Å²) in [7, 11) is 0. The normalized spacial score (nSPS) is 11.9. The summed E-state index contributed by atoms with van der Waals surface area (Å²) in [5, 5.41) is 4.71. The van der Waals surface area contributed by atoms with Crippen LogP contribution in [0.15, 0.2) is 243 Å². The third kappa shape index (κ3) is 6.30. The summed E-state index contributed by atoms with van der Waals surface area (Å²) in [6.07, 6.45) is 0. The summed E-state index contributed by atoms with van der Waals surface area (Å²) in [4.78, 5) is 13.5. The van der Waals surface area contributed by atoms with Gasteiger partial charge in [0.1, 0.15) is 11.6 Å². The standard InChI is InChI=1S/C62H40N4/c1-6-18-41(19-7-1)47-32-33-56-51(34-47)53-39-52-50-30-16-28-46-29-17-31-57(62(46)50)66(61-38-49(43-22-10-3-11-23-43)36-55(64-61)45-26-14-5-15-27-45)58(52)40-59(53)65(56)60-37-48(42-20-8-2-9-21-42)35-54(63-60)44-24-12-4-13-25-44/h1-40H. The molecule has 0 aliphatic carbocycles. The third-order valence-corrected chi connectivity index (χ3v) is 13.1. The van der Waals surface area contributed by atoms with Gasteiger partial charge in [-0.25, -0.2) is 9.97 Å². The second-order valence-electron chi connectivity index (χ2n) is 17.0. The molecule has 0 fully saturated rings. The number of aromatic nitrogens is 3. The highest BCUT2D eigenvalue weighted by Gasteiger charge is 2.30. The summed E-state index contributed by atoms with van der Waals surface area (Å²) in [5.41, 5.74) is 17.4. The molecule has 1 aliphatic rings. The van der Waals surface area contributed by atoms with E-state index in [1.165, 1.54) is 27.5 Å². The van der Waals surface area contributed by atoms with Crippen LogP contribution >= 0.6 is 0 Å². The number of rotatable bonds is 7. The van der Waals surface area contributed by atoms with E-state index in [2.05, 4.69) is 252 Å². The van der Waals surface area contributed by atoms with Gasteiger partial charge in [0.05, 0.1) is 33.8 Å². The highest BCUT2D eigenvalue weighted by Crippen LogP contribution is 2.53. The Hall–Kier alpha value is -8.86. The molecule has 1 aliphatic heterocycles. The lowest BCUT2D eigenvalue weighted by atomic mass is 9.90. The predicted octanol–water partition coefficient (Wildman–Crippen LogP) is 16.5. The molecule has 4 heterocycles. The van der Waals surface area contributed by atoms with Gasteiger partial charge in [0.2, 0.25) is 0 Å². The molecule has 9 aromatic carbocycles. The van der Waals surface area contributed by atoms with Gasteiger partial charge in [-0.15, -0.1) is 0 Å². The molecule has 0 spiro atoms. The SMILES string of the molecule is c1ccc(-c2cc(-c3ccccc3)nc(N3c4cc5c(cc4-c4cccc6cccc3c46)c3cc(-c4ccccc4)ccc3n5-c3cc(-c4ccccc4)cc(-c4ccccc4)n3)c2)cc1. The number of fused-ring (bicyclic) bond motifs is 5. The molecule has 0 bridgehead atoms. The average molecular weight is 841 g/mol. The molecule has 4 heteroatoms. The lowest BCUT2D eigenvalue weighted by molar-refractivity contribution is 1.08. The molecule has 0 saturated heterocycles. The van der Waals surface area contributed by atoms with Crippen LogP contribution in [0, 0.1) is 0 Å². The topological polar surface area (TPSA) is 34.0 Å². The average Bonchev–Trinajstić information content (AvgIpc) is 3.72. The zero-order chi connectivity index (χ0) is 43.6. The van der Waals surface area contributed by atoms with Crippen LogP contribution in [-0.2, 0) is 0 Å². The molecule has 13 rings (SSSR count). The van der Waals surface area contributed by atoms with Crippen molar-refractivity contribution in [3.8, 4) is 72.8 Å². The maximum atomic E-state index is 5.56. The number of hydrogen-bond acceptors (Lipinski definition) is 3. The fourth-order valence-electron chi connectivity index (χ4n) is 9.99. The van der Waals surface area contributed by atoms with E-state index in [0.717, 1.165) is 95.1 Å². The fourth-order valence-corrected chi connectivity index (χ4v) is 9.99. The summed E-state index contributed by atoms with van der Waals surface area (Å²) in [5.74, 6) is 1.70. The van der Waals surface area contributed by atoms with Crippen molar-refractivity contribution in [2.45, 2.75) is 0 Å². The number of benzene rings is 9. The van der Waals surface area contributed by atoms with Crippen LogP contribution in [0.25, 0.3) is 105 Å². The van der Waals surface area contributed by atoms with E-state index >= 15 is 0 Å². The van der Waals surface area contributed by atoms with Gasteiger partial charge in [0.15, 0.2) is 0 Å². The van der Waals surface area contributed by atoms with Crippen molar-refractivity contribution >= 4 is 49.8 Å². The van der Waals surface area contributed by atoms with E-state index in [9.17, 15) is 0 Å². The number of hydrogen-bond donors (Lipinski definition) is 0. The Morgan fingerprint density at radius 3 is 1.38 bits per heavy atom. The van der Waals surface area contributed by atoms with E-state index in [1.54, 1.807) is 0 Å². The smallest absolute Gasteiger partial charge is 0.138 e. The van der Waals surface area contributed by atoms with Crippen molar-refractivity contribution < 1.29 is 0 Å². The predicted molar refractivity (Wildman–Crippen MR) is 275 cm³/mol. The summed E-state index contributed by atoms with van der Waals surface area (Å²) < 4.78 is 2.38. The van der Waals surface area contributed by atoms with E-state index in [0.29, 0.717) is 0 Å². The second-order valence-corrected chi connectivity index (χ2v) is 17.0. The summed E-state index contributed by atoms with van der Waals surface area (Å²) in [6, 6.07) is 87.0. The lowest BCUT2D eigenvalue weighted by Crippen LogP contribution is -2.17. The van der Waals surface area contributed by atoms with Crippen LogP contribution in [0.2, 0.25) is 0 Å². The number of pyridine rings is 2. The minimum Gasteiger partial charge on any atom is -0.294 e. The largest absolute Gasteiger partial charge is 0.294 e. The van der Waals surface area contributed by atoms with Crippen LogP contribution in [-0.4, -0.2) is 14.5 Å². The highest BCUT2D eigenvalue weighted by atomic mass is 15.2. The quantitative estimate of drug-likeness (QED) is 0.160. The van der Waals surface area contributed by atoms with Crippen LogP contribution in [0.5, 0.6) is 0 Å². The minimum absolute atomic E-state index is 0.849. The molecule has 66 heavy (non-hydrogen) atoms. The molecule has 308 valence electrons. The van der Waals surface area contributed by atoms with Gasteiger partial charge in [-0.2, -0.15) is 0 Å². The Kier molecular flexibility index (Phi) is 8.81. The van der Waals surface area contributed by atoms with E-state index in [4.69, 9.17) is 9.97 Å².